The molecule has 2 aliphatic heterocycles. The number of likely N-dealkylation sites (tertiary alicyclic amines) is 1. The van der Waals surface area contributed by atoms with Gasteiger partial charge in [-0.05, 0) is 44.3 Å². The Morgan fingerprint density at radius 3 is 2.35 bits per heavy atom. The van der Waals surface area contributed by atoms with Gasteiger partial charge in [0, 0.05) is 26.2 Å². The summed E-state index contributed by atoms with van der Waals surface area (Å²) in [6, 6.07) is 0. The van der Waals surface area contributed by atoms with E-state index in [4.69, 9.17) is 0 Å². The fourth-order valence-corrected chi connectivity index (χ4v) is 3.56. The zero-order valence-corrected chi connectivity index (χ0v) is 13.4. The fraction of sp³-hybridized carbons (Fsp3) is 0.938. The second-order valence-electron chi connectivity index (χ2n) is 6.50. The molecule has 4 nitrogen and oxygen atoms in total. The van der Waals surface area contributed by atoms with Crippen LogP contribution in [-0.4, -0.2) is 61.5 Å². The Bertz CT molecular complexity index is 309. The van der Waals surface area contributed by atoms with Crippen molar-refractivity contribution >= 4 is 5.91 Å². The van der Waals surface area contributed by atoms with Gasteiger partial charge in [0.25, 0.3) is 0 Å². The number of amides is 1. The second kappa shape index (κ2) is 7.41. The van der Waals surface area contributed by atoms with E-state index in [1.54, 1.807) is 0 Å². The molecule has 2 fully saturated rings. The highest BCUT2D eigenvalue weighted by Gasteiger charge is 2.34. The third kappa shape index (κ3) is 3.73. The van der Waals surface area contributed by atoms with Gasteiger partial charge in [0.2, 0.25) is 5.91 Å². The van der Waals surface area contributed by atoms with Crippen LogP contribution in [0.15, 0.2) is 0 Å². The highest BCUT2D eigenvalue weighted by molar-refractivity contribution is 5.79. The molecule has 0 radical (unpaired) electrons. The Hall–Kier alpha value is -0.610. The molecule has 2 atom stereocenters. The molecule has 0 spiro atoms. The molecule has 2 rings (SSSR count). The predicted molar refractivity (Wildman–Crippen MR) is 82.6 cm³/mol. The minimum atomic E-state index is 0.217. The van der Waals surface area contributed by atoms with E-state index in [1.165, 1.54) is 19.4 Å². The lowest BCUT2D eigenvalue weighted by atomic mass is 9.92. The van der Waals surface area contributed by atoms with Gasteiger partial charge >= 0.3 is 0 Å². The van der Waals surface area contributed by atoms with Gasteiger partial charge in [-0.25, -0.2) is 0 Å². The first-order chi connectivity index (χ1) is 9.65. The van der Waals surface area contributed by atoms with E-state index in [0.29, 0.717) is 11.8 Å². The molecule has 0 saturated carbocycles. The maximum atomic E-state index is 12.5. The number of nitrogens with one attached hydrogen (secondary N) is 1. The molecule has 0 aromatic carbocycles. The van der Waals surface area contributed by atoms with Crippen LogP contribution in [0.1, 0.15) is 33.6 Å². The summed E-state index contributed by atoms with van der Waals surface area (Å²) in [4.78, 5) is 17.2. The number of rotatable bonds is 5. The van der Waals surface area contributed by atoms with Crippen molar-refractivity contribution in [2.75, 3.05) is 45.8 Å². The number of nitrogens with zero attached hydrogens (tertiary/aromatic N) is 2. The topological polar surface area (TPSA) is 35.6 Å². The average molecular weight is 281 g/mol. The Kier molecular flexibility index (Phi) is 5.85. The minimum Gasteiger partial charge on any atom is -0.342 e. The van der Waals surface area contributed by atoms with Crippen molar-refractivity contribution in [3.05, 3.63) is 0 Å². The smallest absolute Gasteiger partial charge is 0.227 e. The van der Waals surface area contributed by atoms with Gasteiger partial charge in [0.1, 0.15) is 0 Å². The minimum absolute atomic E-state index is 0.217. The molecule has 1 N–H and O–H groups in total. The van der Waals surface area contributed by atoms with E-state index in [-0.39, 0.29) is 5.92 Å². The second-order valence-corrected chi connectivity index (χ2v) is 6.50. The van der Waals surface area contributed by atoms with Crippen LogP contribution in [0.4, 0.5) is 0 Å². The molecule has 4 heteroatoms. The number of carbonyl (C=O) groups excluding carboxylic acids is 1. The Morgan fingerprint density at radius 2 is 1.85 bits per heavy atom. The standard InChI is InChI=1S/C16H31N3O/c1-4-18(5-2)12-14-6-8-19(9-7-14)16(20)15-11-17-10-13(15)3/h13-15,17H,4-12H2,1-3H3. The van der Waals surface area contributed by atoms with Crippen LogP contribution in [-0.2, 0) is 4.79 Å². The predicted octanol–water partition coefficient (Wildman–Crippen LogP) is 1.42. The van der Waals surface area contributed by atoms with E-state index in [0.717, 1.165) is 45.2 Å². The number of hydrogen-bond acceptors (Lipinski definition) is 3. The third-order valence-electron chi connectivity index (χ3n) is 5.17. The lowest BCUT2D eigenvalue weighted by molar-refractivity contribution is -0.137. The molecule has 20 heavy (non-hydrogen) atoms. The molecular formula is C16H31N3O. The van der Waals surface area contributed by atoms with E-state index < -0.39 is 0 Å². The van der Waals surface area contributed by atoms with Gasteiger partial charge in [0.15, 0.2) is 0 Å². The summed E-state index contributed by atoms with van der Waals surface area (Å²) >= 11 is 0. The van der Waals surface area contributed by atoms with Crippen LogP contribution in [0.2, 0.25) is 0 Å². The Labute approximate surface area is 123 Å². The van der Waals surface area contributed by atoms with Crippen LogP contribution >= 0.6 is 0 Å². The highest BCUT2D eigenvalue weighted by Crippen LogP contribution is 2.23. The van der Waals surface area contributed by atoms with Gasteiger partial charge in [-0.3, -0.25) is 4.79 Å². The van der Waals surface area contributed by atoms with E-state index >= 15 is 0 Å². The first kappa shape index (κ1) is 15.8. The summed E-state index contributed by atoms with van der Waals surface area (Å²) in [6.07, 6.45) is 2.35. The number of piperidine rings is 1. The molecule has 2 aliphatic rings. The van der Waals surface area contributed by atoms with E-state index in [9.17, 15) is 4.79 Å². The molecule has 2 unspecified atom stereocenters. The first-order valence-electron chi connectivity index (χ1n) is 8.37. The summed E-state index contributed by atoms with van der Waals surface area (Å²) < 4.78 is 0. The van der Waals surface area contributed by atoms with Crippen molar-refractivity contribution in [1.82, 2.24) is 15.1 Å². The molecule has 0 bridgehead atoms. The average Bonchev–Trinajstić information content (AvgIpc) is 2.91. The first-order valence-corrected chi connectivity index (χ1v) is 8.37. The molecule has 2 heterocycles. The van der Waals surface area contributed by atoms with Crippen molar-refractivity contribution in [2.24, 2.45) is 17.8 Å². The molecular weight excluding hydrogens is 250 g/mol. The van der Waals surface area contributed by atoms with Crippen molar-refractivity contribution < 1.29 is 4.79 Å². The van der Waals surface area contributed by atoms with E-state index in [1.807, 2.05) is 0 Å². The van der Waals surface area contributed by atoms with Crippen LogP contribution in [0.3, 0.4) is 0 Å². The number of carbonyl (C=O) groups is 1. The largest absolute Gasteiger partial charge is 0.342 e. The molecule has 1 amide bonds. The summed E-state index contributed by atoms with van der Waals surface area (Å²) in [7, 11) is 0. The van der Waals surface area contributed by atoms with E-state index in [2.05, 4.69) is 35.9 Å². The van der Waals surface area contributed by atoms with Crippen LogP contribution in [0.5, 0.6) is 0 Å². The quantitative estimate of drug-likeness (QED) is 0.828. The maximum Gasteiger partial charge on any atom is 0.227 e. The van der Waals surface area contributed by atoms with Gasteiger partial charge in [-0.1, -0.05) is 20.8 Å². The summed E-state index contributed by atoms with van der Waals surface area (Å²) in [5.74, 6) is 1.88. The van der Waals surface area contributed by atoms with Crippen LogP contribution < -0.4 is 5.32 Å². The van der Waals surface area contributed by atoms with Crippen molar-refractivity contribution in [3.63, 3.8) is 0 Å². The highest BCUT2D eigenvalue weighted by atomic mass is 16.2. The van der Waals surface area contributed by atoms with Gasteiger partial charge in [-0.15, -0.1) is 0 Å². The molecule has 0 aliphatic carbocycles. The summed E-state index contributed by atoms with van der Waals surface area (Å²) in [5.41, 5.74) is 0. The Morgan fingerprint density at radius 1 is 1.20 bits per heavy atom. The fourth-order valence-electron chi connectivity index (χ4n) is 3.56. The lowest BCUT2D eigenvalue weighted by Crippen LogP contribution is -2.45. The monoisotopic (exact) mass is 281 g/mol. The van der Waals surface area contributed by atoms with Crippen molar-refractivity contribution in [1.29, 1.82) is 0 Å². The maximum absolute atomic E-state index is 12.5. The zero-order chi connectivity index (χ0) is 14.5. The van der Waals surface area contributed by atoms with Crippen LogP contribution in [0.25, 0.3) is 0 Å². The van der Waals surface area contributed by atoms with Gasteiger partial charge < -0.3 is 15.1 Å². The normalized spacial score (nSPS) is 28.3. The lowest BCUT2D eigenvalue weighted by Gasteiger charge is -2.36. The van der Waals surface area contributed by atoms with Crippen LogP contribution in [0, 0.1) is 17.8 Å². The SMILES string of the molecule is CCN(CC)CC1CCN(C(=O)C2CNCC2C)CC1. The summed E-state index contributed by atoms with van der Waals surface area (Å²) in [5, 5.41) is 3.34. The zero-order valence-electron chi connectivity index (χ0n) is 13.4. The van der Waals surface area contributed by atoms with Gasteiger partial charge in [-0.2, -0.15) is 0 Å². The Balaban J connectivity index is 1.77. The molecule has 116 valence electrons. The summed E-state index contributed by atoms with van der Waals surface area (Å²) in [6.45, 7) is 13.9. The molecule has 2 saturated heterocycles. The molecule has 0 aromatic heterocycles. The van der Waals surface area contributed by atoms with Gasteiger partial charge in [0.05, 0.1) is 5.92 Å². The van der Waals surface area contributed by atoms with Crippen molar-refractivity contribution in [2.45, 2.75) is 33.6 Å². The van der Waals surface area contributed by atoms with Crippen molar-refractivity contribution in [3.8, 4) is 0 Å². The third-order valence-corrected chi connectivity index (χ3v) is 5.17. The molecule has 0 aromatic rings. The number of hydrogen-bond donors (Lipinski definition) is 1.